The van der Waals surface area contributed by atoms with Crippen molar-refractivity contribution in [1.29, 1.82) is 0 Å². The molecule has 32 heavy (non-hydrogen) atoms. The highest BCUT2D eigenvalue weighted by Crippen LogP contribution is 2.38. The number of fused-ring (bicyclic) bond motifs is 1. The first-order valence-electron chi connectivity index (χ1n) is 11.7. The van der Waals surface area contributed by atoms with E-state index in [0.717, 1.165) is 67.1 Å². The summed E-state index contributed by atoms with van der Waals surface area (Å²) in [6.45, 7) is 2.16. The smallest absolute Gasteiger partial charge is 0.344 e. The molecule has 4 aliphatic rings. The van der Waals surface area contributed by atoms with E-state index in [1.54, 1.807) is 0 Å². The first-order chi connectivity index (χ1) is 15.6. The molecule has 1 aliphatic carbocycles. The van der Waals surface area contributed by atoms with E-state index >= 15 is 0 Å². The number of amides is 4. The number of nitrogens with one attached hydrogen (secondary N) is 2. The lowest BCUT2D eigenvalue weighted by molar-refractivity contribution is -0.140. The lowest BCUT2D eigenvalue weighted by Gasteiger charge is -2.30. The highest BCUT2D eigenvalue weighted by molar-refractivity contribution is 6.08. The number of urea groups is 1. The second-order valence-electron chi connectivity index (χ2n) is 9.13. The van der Waals surface area contributed by atoms with Crippen LogP contribution in [0.5, 0.6) is 11.5 Å². The Morgan fingerprint density at radius 1 is 1.06 bits per heavy atom. The van der Waals surface area contributed by atoms with Crippen molar-refractivity contribution < 1.29 is 23.9 Å². The van der Waals surface area contributed by atoms with Crippen LogP contribution in [0, 0.1) is 0 Å². The summed E-state index contributed by atoms with van der Waals surface area (Å²) in [5, 5.41) is 3.70. The molecule has 1 aromatic carbocycles. The van der Waals surface area contributed by atoms with Gasteiger partial charge in [0.05, 0.1) is 19.8 Å². The Balaban J connectivity index is 1.24. The third-order valence-corrected chi connectivity index (χ3v) is 6.97. The number of hydrazine groups is 1. The van der Waals surface area contributed by atoms with Gasteiger partial charge < -0.3 is 14.8 Å². The maximum atomic E-state index is 12.9. The normalized spacial score (nSPS) is 25.0. The molecule has 0 unspecified atom stereocenters. The molecule has 9 heteroatoms. The Labute approximate surface area is 187 Å². The Morgan fingerprint density at radius 2 is 1.84 bits per heavy atom. The molecule has 4 amide bonds. The van der Waals surface area contributed by atoms with Crippen LogP contribution >= 0.6 is 0 Å². The molecule has 9 nitrogen and oxygen atoms in total. The van der Waals surface area contributed by atoms with Crippen LogP contribution < -0.4 is 20.2 Å². The summed E-state index contributed by atoms with van der Waals surface area (Å²) in [5.41, 5.74) is 2.79. The fourth-order valence-corrected chi connectivity index (χ4v) is 5.34. The van der Waals surface area contributed by atoms with Gasteiger partial charge in [-0.15, -0.1) is 0 Å². The number of imide groups is 1. The second-order valence-corrected chi connectivity index (χ2v) is 9.13. The molecule has 3 heterocycles. The summed E-state index contributed by atoms with van der Waals surface area (Å²) in [6.07, 6.45) is 6.87. The van der Waals surface area contributed by atoms with Crippen LogP contribution in [0.1, 0.15) is 63.0 Å². The number of hydrogen-bond donors (Lipinski definition) is 2. The molecule has 0 radical (unpaired) electrons. The molecule has 2 N–H and O–H groups in total. The van der Waals surface area contributed by atoms with Gasteiger partial charge in [-0.2, -0.15) is 5.01 Å². The van der Waals surface area contributed by atoms with Crippen LogP contribution in [-0.2, 0) is 9.59 Å². The van der Waals surface area contributed by atoms with Crippen molar-refractivity contribution in [2.45, 2.75) is 62.9 Å². The second kappa shape index (κ2) is 8.61. The maximum absolute atomic E-state index is 12.9. The number of carbonyl (C=O) groups is 3. The van der Waals surface area contributed by atoms with Crippen molar-refractivity contribution in [3.8, 4) is 11.5 Å². The van der Waals surface area contributed by atoms with Crippen LogP contribution in [0.4, 0.5) is 4.79 Å². The topological polar surface area (TPSA) is 100 Å². The standard InChI is InChI=1S/C23H30N4O5/c28-20(25-27-21(29)23(24-22(27)30)9-2-1-3-10-23)15-26-11-4-6-17(26)16-7-8-18-19(14-16)32-13-5-12-31-18/h7-8,14,17H,1-6,9-13,15H2,(H,24,30)(H,25,28)/t17-/m0/s1. The molecule has 3 aliphatic heterocycles. The number of hydrogen-bond acceptors (Lipinski definition) is 6. The van der Waals surface area contributed by atoms with Crippen molar-refractivity contribution in [3.05, 3.63) is 23.8 Å². The van der Waals surface area contributed by atoms with Gasteiger partial charge in [0.1, 0.15) is 5.54 Å². The SMILES string of the molecule is O=C(CN1CCC[C@H]1c1ccc2c(c1)OCCCO2)NN1C(=O)NC2(CCCCC2)C1=O. The average molecular weight is 443 g/mol. The van der Waals surface area contributed by atoms with Crippen molar-refractivity contribution in [2.24, 2.45) is 0 Å². The molecule has 3 fully saturated rings. The molecule has 2 saturated heterocycles. The monoisotopic (exact) mass is 442 g/mol. The maximum Gasteiger partial charge on any atom is 0.344 e. The number of likely N-dealkylation sites (tertiary alicyclic amines) is 1. The Bertz CT molecular complexity index is 914. The van der Waals surface area contributed by atoms with Crippen molar-refractivity contribution in [2.75, 3.05) is 26.3 Å². The fourth-order valence-electron chi connectivity index (χ4n) is 5.34. The molecule has 5 rings (SSSR count). The van der Waals surface area contributed by atoms with Crippen molar-refractivity contribution in [1.82, 2.24) is 20.7 Å². The molecule has 1 spiro atoms. The summed E-state index contributed by atoms with van der Waals surface area (Å²) < 4.78 is 11.5. The van der Waals surface area contributed by atoms with Crippen molar-refractivity contribution in [3.63, 3.8) is 0 Å². The van der Waals surface area contributed by atoms with Gasteiger partial charge in [-0.1, -0.05) is 25.3 Å². The van der Waals surface area contributed by atoms with Crippen LogP contribution in [0.25, 0.3) is 0 Å². The number of ether oxygens (including phenoxy) is 2. The summed E-state index contributed by atoms with van der Waals surface area (Å²) in [4.78, 5) is 40.2. The third-order valence-electron chi connectivity index (χ3n) is 6.97. The summed E-state index contributed by atoms with van der Waals surface area (Å²) in [7, 11) is 0. The molecule has 0 bridgehead atoms. The number of rotatable bonds is 4. The summed E-state index contributed by atoms with van der Waals surface area (Å²) >= 11 is 0. The Hall–Kier alpha value is -2.81. The van der Waals surface area contributed by atoms with E-state index in [4.69, 9.17) is 9.47 Å². The van der Waals surface area contributed by atoms with Crippen LogP contribution in [0.3, 0.4) is 0 Å². The lowest BCUT2D eigenvalue weighted by Crippen LogP contribution is -2.52. The molecule has 1 aromatic rings. The van der Waals surface area contributed by atoms with E-state index in [1.165, 1.54) is 0 Å². The zero-order valence-corrected chi connectivity index (χ0v) is 18.2. The summed E-state index contributed by atoms with van der Waals surface area (Å²) in [5.74, 6) is 0.802. The van der Waals surface area contributed by atoms with E-state index in [2.05, 4.69) is 15.6 Å². The largest absolute Gasteiger partial charge is 0.490 e. The first-order valence-corrected chi connectivity index (χ1v) is 11.7. The van der Waals surface area contributed by atoms with Crippen LogP contribution in [-0.4, -0.2) is 59.6 Å². The van der Waals surface area contributed by atoms with E-state index < -0.39 is 11.6 Å². The van der Waals surface area contributed by atoms with Gasteiger partial charge in [-0.25, -0.2) is 4.79 Å². The molecule has 172 valence electrons. The molecule has 0 aromatic heterocycles. The molecule has 1 saturated carbocycles. The van der Waals surface area contributed by atoms with Gasteiger partial charge in [0.15, 0.2) is 11.5 Å². The zero-order valence-electron chi connectivity index (χ0n) is 18.2. The van der Waals surface area contributed by atoms with Gasteiger partial charge in [0, 0.05) is 12.5 Å². The minimum atomic E-state index is -0.845. The van der Waals surface area contributed by atoms with Gasteiger partial charge in [0.25, 0.3) is 11.8 Å². The molecule has 1 atom stereocenters. The first kappa shape index (κ1) is 21.1. The number of nitrogens with zero attached hydrogens (tertiary/aromatic N) is 2. The molecular weight excluding hydrogens is 412 g/mol. The minimum Gasteiger partial charge on any atom is -0.490 e. The average Bonchev–Trinajstić information content (AvgIpc) is 3.22. The van der Waals surface area contributed by atoms with Gasteiger partial charge >= 0.3 is 6.03 Å². The highest BCUT2D eigenvalue weighted by Gasteiger charge is 2.52. The van der Waals surface area contributed by atoms with Gasteiger partial charge in [-0.05, 0) is 49.9 Å². The van der Waals surface area contributed by atoms with E-state index in [1.807, 2.05) is 18.2 Å². The van der Waals surface area contributed by atoms with Gasteiger partial charge in [0.2, 0.25) is 0 Å². The fraction of sp³-hybridized carbons (Fsp3) is 0.609. The highest BCUT2D eigenvalue weighted by atomic mass is 16.5. The lowest BCUT2D eigenvalue weighted by atomic mass is 9.82. The Morgan fingerprint density at radius 3 is 2.66 bits per heavy atom. The number of benzene rings is 1. The minimum absolute atomic E-state index is 0.0747. The van der Waals surface area contributed by atoms with Crippen molar-refractivity contribution >= 4 is 17.8 Å². The zero-order chi connectivity index (χ0) is 22.1. The predicted octanol–water partition coefficient (Wildman–Crippen LogP) is 2.27. The van der Waals surface area contributed by atoms with E-state index in [-0.39, 0.29) is 24.4 Å². The Kier molecular flexibility index (Phi) is 5.67. The van der Waals surface area contributed by atoms with Crippen LogP contribution in [0.15, 0.2) is 18.2 Å². The molecular formula is C23H30N4O5. The van der Waals surface area contributed by atoms with E-state index in [0.29, 0.717) is 26.1 Å². The third kappa shape index (κ3) is 3.90. The summed E-state index contributed by atoms with van der Waals surface area (Å²) in [6, 6.07) is 5.50. The van der Waals surface area contributed by atoms with Crippen LogP contribution in [0.2, 0.25) is 0 Å². The quantitative estimate of drug-likeness (QED) is 0.694. The predicted molar refractivity (Wildman–Crippen MR) is 115 cm³/mol. The number of carbonyl (C=O) groups excluding carboxylic acids is 3. The van der Waals surface area contributed by atoms with Gasteiger partial charge in [-0.3, -0.25) is 19.9 Å². The van der Waals surface area contributed by atoms with E-state index in [9.17, 15) is 14.4 Å².